The smallest absolute Gasteiger partial charge is 0.157 e. The molecule has 0 spiro atoms. The van der Waals surface area contributed by atoms with Crippen molar-refractivity contribution >= 4 is 0 Å². The molecule has 2 rings (SSSR count). The van der Waals surface area contributed by atoms with Gasteiger partial charge in [0.1, 0.15) is 12.4 Å². The van der Waals surface area contributed by atoms with Crippen molar-refractivity contribution in [3.8, 4) is 5.75 Å². The summed E-state index contributed by atoms with van der Waals surface area (Å²) in [6.07, 6.45) is 14.5. The van der Waals surface area contributed by atoms with Crippen molar-refractivity contribution in [2.45, 2.75) is 116 Å². The monoisotopic (exact) mass is 463 g/mol. The third-order valence-corrected chi connectivity index (χ3v) is 6.37. The second-order valence-corrected chi connectivity index (χ2v) is 9.48. The Hall–Kier alpha value is -1.14. The van der Waals surface area contributed by atoms with Crippen LogP contribution in [0.1, 0.15) is 96.5 Å². The number of unbranched alkanes of at least 4 members (excludes halogenated alkanes) is 5. The lowest BCUT2D eigenvalue weighted by Gasteiger charge is -2.26. The first kappa shape index (κ1) is 28.1. The third-order valence-electron chi connectivity index (χ3n) is 6.37. The molecule has 5 nitrogen and oxygen atoms in total. The minimum absolute atomic E-state index is 0.0458. The first-order valence-electron chi connectivity index (χ1n) is 13.6. The van der Waals surface area contributed by atoms with Crippen molar-refractivity contribution in [1.82, 2.24) is 5.32 Å². The number of hydrogen-bond acceptors (Lipinski definition) is 5. The van der Waals surface area contributed by atoms with E-state index in [1.807, 2.05) is 12.1 Å². The number of benzene rings is 1. The van der Waals surface area contributed by atoms with Crippen LogP contribution in [0.15, 0.2) is 24.3 Å². The fourth-order valence-electron chi connectivity index (χ4n) is 4.17. The molecule has 0 radical (unpaired) electrons. The number of aliphatic hydroxyl groups excluding tert-OH is 1. The van der Waals surface area contributed by atoms with Gasteiger partial charge < -0.3 is 24.6 Å². The summed E-state index contributed by atoms with van der Waals surface area (Å²) in [5.74, 6) is 0.827. The van der Waals surface area contributed by atoms with Crippen LogP contribution in [-0.4, -0.2) is 49.9 Å². The lowest BCUT2D eigenvalue weighted by molar-refractivity contribution is -0.166. The van der Waals surface area contributed by atoms with Gasteiger partial charge in [-0.3, -0.25) is 0 Å². The van der Waals surface area contributed by atoms with E-state index in [2.05, 4.69) is 31.3 Å². The summed E-state index contributed by atoms with van der Waals surface area (Å²) in [6, 6.07) is 8.57. The lowest BCUT2D eigenvalue weighted by Crippen LogP contribution is -2.38. The fourth-order valence-corrected chi connectivity index (χ4v) is 4.17. The molecule has 1 heterocycles. The molecule has 0 bridgehead atoms. The van der Waals surface area contributed by atoms with Crippen LogP contribution in [-0.2, 0) is 15.9 Å². The van der Waals surface area contributed by atoms with Crippen LogP contribution in [0.4, 0.5) is 0 Å². The van der Waals surface area contributed by atoms with E-state index < -0.39 is 6.10 Å². The minimum Gasteiger partial charge on any atom is -0.491 e. The molecule has 1 aromatic carbocycles. The standard InChI is InChI=1S/C28H49NO4/c1-3-5-7-8-9-13-25(22-33-28-14-10-11-21-31-28)29-20-19-26(30)23-32-27-17-15-24(16-18-27)12-6-4-2/h15-18,25-26,28-30H,3-14,19-23H2,1-2H3. The zero-order chi connectivity index (χ0) is 23.6. The average molecular weight is 464 g/mol. The molecule has 1 aliphatic rings. The Labute approximate surface area is 202 Å². The van der Waals surface area contributed by atoms with Gasteiger partial charge in [-0.15, -0.1) is 0 Å². The molecule has 3 unspecified atom stereocenters. The van der Waals surface area contributed by atoms with E-state index >= 15 is 0 Å². The maximum atomic E-state index is 10.4. The van der Waals surface area contributed by atoms with E-state index in [0.29, 0.717) is 25.7 Å². The average Bonchev–Trinajstić information content (AvgIpc) is 2.85. The SMILES string of the molecule is CCCCCCCC(COC1CCCCO1)NCCC(O)COc1ccc(CCCC)cc1. The molecule has 1 saturated heterocycles. The van der Waals surface area contributed by atoms with Gasteiger partial charge in [-0.05, 0) is 69.2 Å². The summed E-state index contributed by atoms with van der Waals surface area (Å²) < 4.78 is 17.6. The van der Waals surface area contributed by atoms with Gasteiger partial charge in [-0.25, -0.2) is 0 Å². The van der Waals surface area contributed by atoms with Crippen LogP contribution in [0.3, 0.4) is 0 Å². The Bertz CT molecular complexity index is 574. The predicted octanol–water partition coefficient (Wildman–Crippen LogP) is 6.02. The highest BCUT2D eigenvalue weighted by Gasteiger charge is 2.17. The minimum atomic E-state index is -0.481. The molecule has 1 aliphatic heterocycles. The van der Waals surface area contributed by atoms with Gasteiger partial charge in [0.2, 0.25) is 0 Å². The summed E-state index contributed by atoms with van der Waals surface area (Å²) >= 11 is 0. The van der Waals surface area contributed by atoms with Crippen LogP contribution in [0.2, 0.25) is 0 Å². The molecular weight excluding hydrogens is 414 g/mol. The van der Waals surface area contributed by atoms with E-state index in [1.54, 1.807) is 0 Å². The van der Waals surface area contributed by atoms with Gasteiger partial charge in [0.05, 0.1) is 12.7 Å². The van der Waals surface area contributed by atoms with Crippen LogP contribution in [0.5, 0.6) is 5.75 Å². The van der Waals surface area contributed by atoms with Crippen LogP contribution in [0, 0.1) is 0 Å². The van der Waals surface area contributed by atoms with Gasteiger partial charge in [0.25, 0.3) is 0 Å². The molecule has 1 fully saturated rings. The number of ether oxygens (including phenoxy) is 3. The van der Waals surface area contributed by atoms with Crippen molar-refractivity contribution < 1.29 is 19.3 Å². The van der Waals surface area contributed by atoms with E-state index in [0.717, 1.165) is 44.6 Å². The van der Waals surface area contributed by atoms with Gasteiger partial charge in [0, 0.05) is 12.6 Å². The summed E-state index contributed by atoms with van der Waals surface area (Å²) in [5, 5.41) is 14.0. The molecule has 0 aliphatic carbocycles. The first-order valence-corrected chi connectivity index (χ1v) is 13.6. The number of aliphatic hydroxyl groups is 1. The van der Waals surface area contributed by atoms with Crippen LogP contribution in [0.25, 0.3) is 0 Å². The molecule has 3 atom stereocenters. The molecular formula is C28H49NO4. The van der Waals surface area contributed by atoms with E-state index in [1.165, 1.54) is 56.9 Å². The molecule has 190 valence electrons. The van der Waals surface area contributed by atoms with Crippen molar-refractivity contribution in [2.24, 2.45) is 0 Å². The Morgan fingerprint density at radius 1 is 0.970 bits per heavy atom. The summed E-state index contributed by atoms with van der Waals surface area (Å²) in [7, 11) is 0. The van der Waals surface area contributed by atoms with Gasteiger partial charge >= 0.3 is 0 Å². The Morgan fingerprint density at radius 3 is 2.48 bits per heavy atom. The summed E-state index contributed by atoms with van der Waals surface area (Å²) in [6.45, 7) is 7.03. The predicted molar refractivity (Wildman–Crippen MR) is 136 cm³/mol. The topological polar surface area (TPSA) is 60.0 Å². The second-order valence-electron chi connectivity index (χ2n) is 9.48. The van der Waals surface area contributed by atoms with Crippen molar-refractivity contribution in [2.75, 3.05) is 26.4 Å². The van der Waals surface area contributed by atoms with Crippen molar-refractivity contribution in [3.63, 3.8) is 0 Å². The van der Waals surface area contributed by atoms with E-state index in [-0.39, 0.29) is 6.29 Å². The van der Waals surface area contributed by atoms with Crippen molar-refractivity contribution in [3.05, 3.63) is 29.8 Å². The summed E-state index contributed by atoms with van der Waals surface area (Å²) in [4.78, 5) is 0. The maximum Gasteiger partial charge on any atom is 0.157 e. The molecule has 1 aromatic rings. The maximum absolute atomic E-state index is 10.4. The Balaban J connectivity index is 1.65. The Morgan fingerprint density at radius 2 is 1.76 bits per heavy atom. The zero-order valence-electron chi connectivity index (χ0n) is 21.2. The van der Waals surface area contributed by atoms with E-state index in [4.69, 9.17) is 14.2 Å². The Kier molecular flexibility index (Phi) is 15.5. The highest BCUT2D eigenvalue weighted by atomic mass is 16.7. The van der Waals surface area contributed by atoms with Gasteiger partial charge in [-0.2, -0.15) is 0 Å². The highest BCUT2D eigenvalue weighted by Crippen LogP contribution is 2.16. The third kappa shape index (κ3) is 13.4. The van der Waals surface area contributed by atoms with Crippen molar-refractivity contribution in [1.29, 1.82) is 0 Å². The largest absolute Gasteiger partial charge is 0.491 e. The lowest BCUT2D eigenvalue weighted by atomic mass is 10.1. The molecule has 5 heteroatoms. The molecule has 0 saturated carbocycles. The van der Waals surface area contributed by atoms with Crippen LogP contribution < -0.4 is 10.1 Å². The number of nitrogens with one attached hydrogen (secondary N) is 1. The zero-order valence-corrected chi connectivity index (χ0v) is 21.2. The molecule has 2 N–H and O–H groups in total. The quantitative estimate of drug-likeness (QED) is 0.246. The highest BCUT2D eigenvalue weighted by molar-refractivity contribution is 5.27. The number of hydrogen-bond donors (Lipinski definition) is 2. The van der Waals surface area contributed by atoms with E-state index in [9.17, 15) is 5.11 Å². The number of aryl methyl sites for hydroxylation is 1. The van der Waals surface area contributed by atoms with Crippen LogP contribution >= 0.6 is 0 Å². The number of rotatable bonds is 19. The normalized spacial score (nSPS) is 18.2. The molecule has 0 aromatic heterocycles. The second kappa shape index (κ2) is 18.2. The van der Waals surface area contributed by atoms with Gasteiger partial charge in [-0.1, -0.05) is 64.5 Å². The molecule has 0 amide bonds. The first-order chi connectivity index (χ1) is 16.2. The molecule has 33 heavy (non-hydrogen) atoms. The fraction of sp³-hybridized carbons (Fsp3) is 0.786. The van der Waals surface area contributed by atoms with Gasteiger partial charge in [0.15, 0.2) is 6.29 Å². The summed E-state index contributed by atoms with van der Waals surface area (Å²) in [5.41, 5.74) is 1.34.